The van der Waals surface area contributed by atoms with Gasteiger partial charge in [0, 0.05) is 18.3 Å². The van der Waals surface area contributed by atoms with Gasteiger partial charge in [-0.2, -0.15) is 11.3 Å². The van der Waals surface area contributed by atoms with Crippen molar-refractivity contribution in [1.82, 2.24) is 14.9 Å². The summed E-state index contributed by atoms with van der Waals surface area (Å²) in [6.45, 7) is 1.24. The first-order valence-corrected chi connectivity index (χ1v) is 7.50. The number of rotatable bonds is 3. The molecule has 0 aromatic carbocycles. The Bertz CT molecular complexity index is 588. The molecular formula is C13H12ClN3O2S. The Morgan fingerprint density at radius 3 is 2.95 bits per heavy atom. The van der Waals surface area contributed by atoms with Crippen molar-refractivity contribution in [3.63, 3.8) is 0 Å². The molecular weight excluding hydrogens is 298 g/mol. The van der Waals surface area contributed by atoms with Crippen molar-refractivity contribution in [2.45, 2.75) is 12.5 Å². The van der Waals surface area contributed by atoms with Crippen molar-refractivity contribution in [3.05, 3.63) is 39.8 Å². The monoisotopic (exact) mass is 309 g/mol. The number of likely N-dealkylation sites (tertiary alicyclic amines) is 1. The molecule has 5 nitrogen and oxygen atoms in total. The van der Waals surface area contributed by atoms with Crippen molar-refractivity contribution in [2.24, 2.45) is 0 Å². The fraction of sp³-hybridized carbons (Fsp3) is 0.308. The van der Waals surface area contributed by atoms with E-state index in [4.69, 9.17) is 16.3 Å². The van der Waals surface area contributed by atoms with Gasteiger partial charge in [0.05, 0.1) is 29.5 Å². The number of carbonyl (C=O) groups excluding carboxylic acids is 1. The van der Waals surface area contributed by atoms with Crippen LogP contribution in [0.1, 0.15) is 16.8 Å². The SMILES string of the molecule is O=C(c1ccsc1)N1CC[C@@H](Oc2ncc(Cl)cn2)C1. The highest BCUT2D eigenvalue weighted by molar-refractivity contribution is 7.08. The molecule has 2 aromatic heterocycles. The third kappa shape index (κ3) is 2.91. The van der Waals surface area contributed by atoms with Crippen LogP contribution in [0, 0.1) is 0 Å². The molecule has 20 heavy (non-hydrogen) atoms. The summed E-state index contributed by atoms with van der Waals surface area (Å²) in [5, 5.41) is 4.23. The topological polar surface area (TPSA) is 55.3 Å². The second-order valence-electron chi connectivity index (χ2n) is 4.48. The second kappa shape index (κ2) is 5.76. The highest BCUT2D eigenvalue weighted by Gasteiger charge is 2.28. The molecule has 1 fully saturated rings. The third-order valence-electron chi connectivity index (χ3n) is 3.07. The molecule has 0 aliphatic carbocycles. The Morgan fingerprint density at radius 1 is 1.45 bits per heavy atom. The number of hydrogen-bond donors (Lipinski definition) is 0. The minimum absolute atomic E-state index is 0.0503. The minimum atomic E-state index is -0.0706. The van der Waals surface area contributed by atoms with E-state index in [9.17, 15) is 4.79 Å². The molecule has 0 bridgehead atoms. The first kappa shape index (κ1) is 13.3. The zero-order chi connectivity index (χ0) is 13.9. The summed E-state index contributed by atoms with van der Waals surface area (Å²) in [4.78, 5) is 22.0. The van der Waals surface area contributed by atoms with Crippen LogP contribution in [-0.2, 0) is 0 Å². The summed E-state index contributed by atoms with van der Waals surface area (Å²) in [5.41, 5.74) is 0.735. The molecule has 0 spiro atoms. The maximum atomic E-state index is 12.2. The van der Waals surface area contributed by atoms with E-state index >= 15 is 0 Å². The lowest BCUT2D eigenvalue weighted by atomic mass is 10.3. The van der Waals surface area contributed by atoms with Gasteiger partial charge in [0.25, 0.3) is 5.91 Å². The van der Waals surface area contributed by atoms with Crippen LogP contribution < -0.4 is 4.74 Å². The number of aromatic nitrogens is 2. The number of thiophene rings is 1. The average molecular weight is 310 g/mol. The Balaban J connectivity index is 1.59. The average Bonchev–Trinajstić information content (AvgIpc) is 3.12. The first-order valence-electron chi connectivity index (χ1n) is 6.18. The maximum absolute atomic E-state index is 12.2. The molecule has 2 aromatic rings. The van der Waals surface area contributed by atoms with Gasteiger partial charge >= 0.3 is 6.01 Å². The molecule has 0 unspecified atom stereocenters. The predicted molar refractivity (Wildman–Crippen MR) is 76.3 cm³/mol. The first-order chi connectivity index (χ1) is 9.72. The van der Waals surface area contributed by atoms with E-state index in [1.165, 1.54) is 23.7 Å². The highest BCUT2D eigenvalue weighted by Crippen LogP contribution is 2.19. The van der Waals surface area contributed by atoms with Crippen LogP contribution in [0.3, 0.4) is 0 Å². The van der Waals surface area contributed by atoms with E-state index in [2.05, 4.69) is 9.97 Å². The Morgan fingerprint density at radius 2 is 2.25 bits per heavy atom. The summed E-state index contributed by atoms with van der Waals surface area (Å²) in [6.07, 6.45) is 3.70. The lowest BCUT2D eigenvalue weighted by Crippen LogP contribution is -2.30. The maximum Gasteiger partial charge on any atom is 0.316 e. The molecule has 7 heteroatoms. The van der Waals surface area contributed by atoms with E-state index in [0.717, 1.165) is 12.0 Å². The van der Waals surface area contributed by atoms with Crippen LogP contribution in [0.25, 0.3) is 0 Å². The van der Waals surface area contributed by atoms with Crippen molar-refractivity contribution in [1.29, 1.82) is 0 Å². The summed E-state index contributed by atoms with van der Waals surface area (Å²) >= 11 is 7.24. The van der Waals surface area contributed by atoms with E-state index in [1.54, 1.807) is 4.90 Å². The van der Waals surface area contributed by atoms with E-state index in [1.807, 2.05) is 16.8 Å². The summed E-state index contributed by atoms with van der Waals surface area (Å²) in [6, 6.07) is 2.13. The predicted octanol–water partition coefficient (Wildman–Crippen LogP) is 2.49. The van der Waals surface area contributed by atoms with Crippen LogP contribution in [-0.4, -0.2) is 40.0 Å². The zero-order valence-corrected chi connectivity index (χ0v) is 12.1. The van der Waals surface area contributed by atoms with E-state index in [0.29, 0.717) is 24.1 Å². The normalized spacial score (nSPS) is 18.2. The molecule has 3 rings (SSSR count). The fourth-order valence-electron chi connectivity index (χ4n) is 2.09. The van der Waals surface area contributed by atoms with Crippen molar-refractivity contribution >= 4 is 28.8 Å². The van der Waals surface area contributed by atoms with Gasteiger partial charge in [-0.15, -0.1) is 0 Å². The van der Waals surface area contributed by atoms with Crippen molar-refractivity contribution in [3.8, 4) is 6.01 Å². The largest absolute Gasteiger partial charge is 0.458 e. The van der Waals surface area contributed by atoms with Gasteiger partial charge in [-0.25, -0.2) is 9.97 Å². The number of amides is 1. The molecule has 3 heterocycles. The molecule has 0 radical (unpaired) electrons. The lowest BCUT2D eigenvalue weighted by Gasteiger charge is -2.15. The van der Waals surface area contributed by atoms with Gasteiger partial charge in [0.1, 0.15) is 6.10 Å². The third-order valence-corrected chi connectivity index (χ3v) is 3.95. The van der Waals surface area contributed by atoms with Gasteiger partial charge in [-0.3, -0.25) is 4.79 Å². The highest BCUT2D eigenvalue weighted by atomic mass is 35.5. The van der Waals surface area contributed by atoms with Gasteiger partial charge in [0.2, 0.25) is 0 Å². The quantitative estimate of drug-likeness (QED) is 0.874. The zero-order valence-electron chi connectivity index (χ0n) is 10.5. The van der Waals surface area contributed by atoms with Gasteiger partial charge in [-0.05, 0) is 11.4 Å². The van der Waals surface area contributed by atoms with E-state index in [-0.39, 0.29) is 12.0 Å². The second-order valence-corrected chi connectivity index (χ2v) is 5.69. The minimum Gasteiger partial charge on any atom is -0.458 e. The van der Waals surface area contributed by atoms with Crippen LogP contribution in [0.2, 0.25) is 5.02 Å². The van der Waals surface area contributed by atoms with Gasteiger partial charge < -0.3 is 9.64 Å². The molecule has 104 valence electrons. The molecule has 1 amide bonds. The van der Waals surface area contributed by atoms with Crippen molar-refractivity contribution < 1.29 is 9.53 Å². The summed E-state index contributed by atoms with van der Waals surface area (Å²) < 4.78 is 5.66. The summed E-state index contributed by atoms with van der Waals surface area (Å²) in [7, 11) is 0. The van der Waals surface area contributed by atoms with Gasteiger partial charge in [0.15, 0.2) is 0 Å². The number of carbonyl (C=O) groups is 1. The number of nitrogens with zero attached hydrogens (tertiary/aromatic N) is 3. The van der Waals surface area contributed by atoms with Crippen LogP contribution in [0.4, 0.5) is 0 Å². The number of hydrogen-bond acceptors (Lipinski definition) is 5. The molecule has 0 saturated carbocycles. The van der Waals surface area contributed by atoms with Crippen LogP contribution in [0.15, 0.2) is 29.2 Å². The Kier molecular flexibility index (Phi) is 3.84. The Labute approximate surface area is 125 Å². The van der Waals surface area contributed by atoms with E-state index < -0.39 is 0 Å². The fourth-order valence-corrected chi connectivity index (χ4v) is 2.82. The lowest BCUT2D eigenvalue weighted by molar-refractivity contribution is 0.0770. The Hall–Kier alpha value is -1.66. The molecule has 1 atom stereocenters. The smallest absolute Gasteiger partial charge is 0.316 e. The summed E-state index contributed by atoms with van der Waals surface area (Å²) in [5.74, 6) is 0.0503. The van der Waals surface area contributed by atoms with Crippen LogP contribution in [0.5, 0.6) is 6.01 Å². The molecule has 1 saturated heterocycles. The van der Waals surface area contributed by atoms with Gasteiger partial charge in [-0.1, -0.05) is 11.6 Å². The molecule has 0 N–H and O–H groups in total. The van der Waals surface area contributed by atoms with Crippen molar-refractivity contribution in [2.75, 3.05) is 13.1 Å². The van der Waals surface area contributed by atoms with Crippen LogP contribution >= 0.6 is 22.9 Å². The molecule has 1 aliphatic rings. The number of ether oxygens (including phenoxy) is 1. The number of halogens is 1. The standard InChI is InChI=1S/C13H12ClN3O2S/c14-10-5-15-13(16-6-10)19-11-1-3-17(7-11)12(18)9-2-4-20-8-9/h2,4-6,8,11H,1,3,7H2/t11-/m1/s1. The molecule has 1 aliphatic heterocycles.